The highest BCUT2D eigenvalue weighted by Crippen LogP contribution is 2.19. The highest BCUT2D eigenvalue weighted by Gasteiger charge is 2.13. The normalized spacial score (nSPS) is 9.84. The third-order valence-corrected chi connectivity index (χ3v) is 2.73. The first-order chi connectivity index (χ1) is 9.17. The van der Waals surface area contributed by atoms with Crippen molar-refractivity contribution in [1.82, 2.24) is 14.3 Å². The number of hydrogen-bond donors (Lipinski definition) is 0. The minimum atomic E-state index is -0.328. The van der Waals surface area contributed by atoms with Crippen LogP contribution < -0.4 is 5.69 Å². The van der Waals surface area contributed by atoms with Crippen LogP contribution in [0.4, 0.5) is 0 Å². The molecule has 0 atom stereocenters. The smallest absolute Gasteiger partial charge is 0.263 e. The molecule has 0 saturated carbocycles. The standard InChI is InChI=1S/C14H10ClN3O/c1-3-8-17-13(11-6-5-7-12(15)10-11)16-18(9-4-2)14(17)19/h1-2,5-7,10H,8-9H2. The van der Waals surface area contributed by atoms with Crippen molar-refractivity contribution in [2.24, 2.45) is 0 Å². The second-order valence-electron chi connectivity index (χ2n) is 3.77. The van der Waals surface area contributed by atoms with Gasteiger partial charge in [0.1, 0.15) is 6.54 Å². The Morgan fingerprint density at radius 1 is 1.26 bits per heavy atom. The van der Waals surface area contributed by atoms with Crippen molar-refractivity contribution in [1.29, 1.82) is 0 Å². The van der Waals surface area contributed by atoms with E-state index in [0.717, 1.165) is 5.56 Å². The summed E-state index contributed by atoms with van der Waals surface area (Å²) in [6, 6.07) is 7.05. The molecule has 1 aromatic heterocycles. The average molecular weight is 272 g/mol. The lowest BCUT2D eigenvalue weighted by Gasteiger charge is -2.01. The molecule has 0 aliphatic heterocycles. The molecule has 0 fully saturated rings. The van der Waals surface area contributed by atoms with Gasteiger partial charge in [-0.05, 0) is 12.1 Å². The van der Waals surface area contributed by atoms with Crippen molar-refractivity contribution in [3.63, 3.8) is 0 Å². The predicted molar refractivity (Wildman–Crippen MR) is 74.6 cm³/mol. The van der Waals surface area contributed by atoms with Gasteiger partial charge in [0.25, 0.3) is 0 Å². The van der Waals surface area contributed by atoms with E-state index in [1.807, 2.05) is 0 Å². The van der Waals surface area contributed by atoms with Crippen LogP contribution >= 0.6 is 11.6 Å². The molecule has 1 aromatic carbocycles. The van der Waals surface area contributed by atoms with Crippen LogP contribution in [0.2, 0.25) is 5.02 Å². The maximum absolute atomic E-state index is 12.1. The third kappa shape index (κ3) is 2.54. The molecule has 0 aliphatic carbocycles. The first kappa shape index (κ1) is 13.0. The van der Waals surface area contributed by atoms with Crippen LogP contribution in [0.25, 0.3) is 11.4 Å². The van der Waals surface area contributed by atoms with E-state index in [1.54, 1.807) is 24.3 Å². The highest BCUT2D eigenvalue weighted by molar-refractivity contribution is 6.30. The number of aromatic nitrogens is 3. The molecule has 1 heterocycles. The molecule has 5 heteroatoms. The Bertz CT molecular complexity index is 743. The second kappa shape index (κ2) is 5.48. The Hall–Kier alpha value is -2.43. The van der Waals surface area contributed by atoms with E-state index in [9.17, 15) is 4.79 Å². The average Bonchev–Trinajstić information content (AvgIpc) is 2.69. The number of terminal acetylenes is 2. The van der Waals surface area contributed by atoms with Gasteiger partial charge in [0, 0.05) is 10.6 Å². The van der Waals surface area contributed by atoms with Gasteiger partial charge in [-0.3, -0.25) is 4.57 Å². The molecule has 4 nitrogen and oxygen atoms in total. The first-order valence-corrected chi connectivity index (χ1v) is 5.85. The van der Waals surface area contributed by atoms with E-state index in [-0.39, 0.29) is 18.8 Å². The maximum Gasteiger partial charge on any atom is 0.347 e. The van der Waals surface area contributed by atoms with Crippen LogP contribution in [0.3, 0.4) is 0 Å². The minimum Gasteiger partial charge on any atom is -0.263 e. The zero-order valence-corrected chi connectivity index (χ0v) is 10.8. The van der Waals surface area contributed by atoms with Crippen molar-refractivity contribution in [3.05, 3.63) is 39.8 Å². The lowest BCUT2D eigenvalue weighted by molar-refractivity contribution is 0.663. The van der Waals surface area contributed by atoms with Crippen LogP contribution in [0.1, 0.15) is 0 Å². The molecular formula is C14H10ClN3O. The van der Waals surface area contributed by atoms with Crippen molar-refractivity contribution >= 4 is 11.6 Å². The van der Waals surface area contributed by atoms with Gasteiger partial charge in [-0.1, -0.05) is 35.6 Å². The topological polar surface area (TPSA) is 39.8 Å². The number of benzene rings is 1. The van der Waals surface area contributed by atoms with Gasteiger partial charge in [-0.25, -0.2) is 9.48 Å². The number of hydrogen-bond acceptors (Lipinski definition) is 2. The van der Waals surface area contributed by atoms with Gasteiger partial charge in [0.05, 0.1) is 6.54 Å². The van der Waals surface area contributed by atoms with Gasteiger partial charge >= 0.3 is 5.69 Å². The van der Waals surface area contributed by atoms with Gasteiger partial charge in [0.2, 0.25) is 0 Å². The van der Waals surface area contributed by atoms with E-state index >= 15 is 0 Å². The van der Waals surface area contributed by atoms with E-state index in [4.69, 9.17) is 24.4 Å². The Morgan fingerprint density at radius 2 is 2.00 bits per heavy atom. The van der Waals surface area contributed by atoms with Gasteiger partial charge < -0.3 is 0 Å². The molecule has 0 unspecified atom stereocenters. The highest BCUT2D eigenvalue weighted by atomic mass is 35.5. The summed E-state index contributed by atoms with van der Waals surface area (Å²) in [5.74, 6) is 5.27. The molecule has 94 valence electrons. The molecule has 2 aromatic rings. The molecule has 19 heavy (non-hydrogen) atoms. The number of nitrogens with zero attached hydrogens (tertiary/aromatic N) is 3. The van der Waals surface area contributed by atoms with E-state index < -0.39 is 0 Å². The van der Waals surface area contributed by atoms with Crippen molar-refractivity contribution in [2.75, 3.05) is 0 Å². The molecule has 0 radical (unpaired) electrons. The zero-order valence-electron chi connectivity index (χ0n) is 10.0. The largest absolute Gasteiger partial charge is 0.347 e. The maximum atomic E-state index is 12.1. The van der Waals surface area contributed by atoms with Crippen LogP contribution in [0.5, 0.6) is 0 Å². The Morgan fingerprint density at radius 3 is 2.63 bits per heavy atom. The van der Waals surface area contributed by atoms with E-state index in [0.29, 0.717) is 10.8 Å². The summed E-state index contributed by atoms with van der Waals surface area (Å²) in [7, 11) is 0. The summed E-state index contributed by atoms with van der Waals surface area (Å²) in [5, 5.41) is 4.76. The van der Waals surface area contributed by atoms with Crippen LogP contribution in [0.15, 0.2) is 29.1 Å². The number of rotatable bonds is 3. The monoisotopic (exact) mass is 271 g/mol. The molecular weight excluding hydrogens is 262 g/mol. The predicted octanol–water partition coefficient (Wildman–Crippen LogP) is 1.63. The van der Waals surface area contributed by atoms with Gasteiger partial charge in [-0.2, -0.15) is 0 Å². The van der Waals surface area contributed by atoms with Gasteiger partial charge in [-0.15, -0.1) is 17.9 Å². The first-order valence-electron chi connectivity index (χ1n) is 5.48. The SMILES string of the molecule is C#CCn1nc(-c2cccc(Cl)c2)n(CC#C)c1=O. The number of halogens is 1. The molecule has 2 rings (SSSR count). The van der Waals surface area contributed by atoms with Gasteiger partial charge in [0.15, 0.2) is 5.82 Å². The lowest BCUT2D eigenvalue weighted by atomic mass is 10.2. The summed E-state index contributed by atoms with van der Waals surface area (Å²) in [6.45, 7) is 0.231. The van der Waals surface area contributed by atoms with E-state index in [2.05, 4.69) is 16.9 Å². The molecule has 0 saturated heterocycles. The fourth-order valence-corrected chi connectivity index (χ4v) is 1.90. The molecule has 0 amide bonds. The van der Waals surface area contributed by atoms with Crippen LogP contribution in [-0.4, -0.2) is 14.3 Å². The lowest BCUT2D eigenvalue weighted by Crippen LogP contribution is -2.24. The van der Waals surface area contributed by atoms with Crippen LogP contribution in [-0.2, 0) is 13.1 Å². The van der Waals surface area contributed by atoms with Crippen molar-refractivity contribution < 1.29 is 0 Å². The summed E-state index contributed by atoms with van der Waals surface area (Å²) >= 11 is 5.94. The molecule has 0 bridgehead atoms. The molecule has 0 spiro atoms. The Balaban J connectivity index is 2.63. The third-order valence-electron chi connectivity index (χ3n) is 2.50. The second-order valence-corrected chi connectivity index (χ2v) is 4.21. The zero-order chi connectivity index (χ0) is 13.8. The summed E-state index contributed by atoms with van der Waals surface area (Å²) in [5.41, 5.74) is 0.390. The molecule has 0 N–H and O–H groups in total. The summed E-state index contributed by atoms with van der Waals surface area (Å²) in [4.78, 5) is 12.1. The van der Waals surface area contributed by atoms with Crippen molar-refractivity contribution in [3.8, 4) is 36.1 Å². The van der Waals surface area contributed by atoms with Crippen LogP contribution in [0, 0.1) is 24.7 Å². The summed E-state index contributed by atoms with van der Waals surface area (Å²) in [6.07, 6.45) is 10.5. The quantitative estimate of drug-likeness (QED) is 0.796. The van der Waals surface area contributed by atoms with E-state index in [1.165, 1.54) is 9.25 Å². The fraction of sp³-hybridized carbons (Fsp3) is 0.143. The molecule has 0 aliphatic rings. The minimum absolute atomic E-state index is 0.101. The van der Waals surface area contributed by atoms with Crippen molar-refractivity contribution in [2.45, 2.75) is 13.1 Å². The Labute approximate surface area is 115 Å². The summed E-state index contributed by atoms with van der Waals surface area (Å²) < 4.78 is 2.59. The fourth-order valence-electron chi connectivity index (χ4n) is 1.71. The Kier molecular flexibility index (Phi) is 3.75.